The minimum Gasteiger partial charge on any atom is -0.311 e. The molecule has 0 aliphatic carbocycles. The fourth-order valence-corrected chi connectivity index (χ4v) is 3.20. The first-order chi connectivity index (χ1) is 12.4. The monoisotopic (exact) mass is 352 g/mol. The highest BCUT2D eigenvalue weighted by Gasteiger charge is 2.24. The van der Waals surface area contributed by atoms with E-state index in [2.05, 4.69) is 13.8 Å². The number of likely N-dealkylation sites (N-methyl/N-ethyl adjacent to an activating group) is 1. The lowest BCUT2D eigenvalue weighted by Gasteiger charge is -2.29. The van der Waals surface area contributed by atoms with Crippen molar-refractivity contribution in [3.05, 3.63) is 59.7 Å². The second kappa shape index (κ2) is 8.65. The van der Waals surface area contributed by atoms with Gasteiger partial charge in [-0.1, -0.05) is 50.2 Å². The molecule has 0 radical (unpaired) electrons. The molecule has 0 N–H and O–H groups in total. The van der Waals surface area contributed by atoms with E-state index in [4.69, 9.17) is 0 Å². The predicted octanol–water partition coefficient (Wildman–Crippen LogP) is 4.52. The Morgan fingerprint density at radius 2 is 1.62 bits per heavy atom. The fraction of sp³-hybridized carbons (Fsp3) is 0.364. The van der Waals surface area contributed by atoms with Crippen LogP contribution in [0.15, 0.2) is 48.5 Å². The largest absolute Gasteiger partial charge is 0.311 e. The number of rotatable bonds is 6. The van der Waals surface area contributed by atoms with Crippen molar-refractivity contribution in [1.82, 2.24) is 0 Å². The smallest absolute Gasteiger partial charge is 0.247 e. The quantitative estimate of drug-likeness (QED) is 0.767. The van der Waals surface area contributed by atoms with Crippen LogP contribution in [0.5, 0.6) is 0 Å². The van der Waals surface area contributed by atoms with E-state index < -0.39 is 0 Å². The minimum absolute atomic E-state index is 0.0304. The molecular formula is C22H28N2O2. The van der Waals surface area contributed by atoms with E-state index in [0.29, 0.717) is 6.54 Å². The van der Waals surface area contributed by atoms with Crippen LogP contribution < -0.4 is 9.80 Å². The first-order valence-electron chi connectivity index (χ1n) is 9.09. The number of carbonyl (C=O) groups excluding carboxylic acids is 2. The minimum atomic E-state index is -0.126. The van der Waals surface area contributed by atoms with E-state index in [0.717, 1.165) is 22.5 Å². The van der Waals surface area contributed by atoms with Gasteiger partial charge < -0.3 is 9.80 Å². The van der Waals surface area contributed by atoms with Gasteiger partial charge in [0, 0.05) is 19.2 Å². The van der Waals surface area contributed by atoms with Crippen LogP contribution in [0.4, 0.5) is 11.4 Å². The first-order valence-corrected chi connectivity index (χ1v) is 9.09. The molecule has 0 saturated carbocycles. The van der Waals surface area contributed by atoms with E-state index in [1.54, 1.807) is 9.80 Å². The van der Waals surface area contributed by atoms with Crippen molar-refractivity contribution in [3.63, 3.8) is 0 Å². The zero-order chi connectivity index (χ0) is 19.3. The van der Waals surface area contributed by atoms with Gasteiger partial charge >= 0.3 is 0 Å². The topological polar surface area (TPSA) is 40.6 Å². The molecule has 2 aromatic carbocycles. The van der Waals surface area contributed by atoms with Gasteiger partial charge in [0.1, 0.15) is 6.54 Å². The summed E-state index contributed by atoms with van der Waals surface area (Å²) in [4.78, 5) is 28.7. The lowest BCUT2D eigenvalue weighted by molar-refractivity contribution is -0.121. The summed E-state index contributed by atoms with van der Waals surface area (Å²) in [6.45, 7) is 10.2. The number of hydrogen-bond donors (Lipinski definition) is 0. The second-order valence-electron chi connectivity index (χ2n) is 6.75. The summed E-state index contributed by atoms with van der Waals surface area (Å²) < 4.78 is 0. The van der Waals surface area contributed by atoms with Gasteiger partial charge in [-0.2, -0.15) is 0 Å². The number of aryl methyl sites for hydroxylation is 1. The van der Waals surface area contributed by atoms with Crippen molar-refractivity contribution in [2.24, 2.45) is 0 Å². The highest BCUT2D eigenvalue weighted by atomic mass is 16.2. The molecule has 0 heterocycles. The van der Waals surface area contributed by atoms with Crippen molar-refractivity contribution >= 4 is 23.2 Å². The zero-order valence-electron chi connectivity index (χ0n) is 16.3. The van der Waals surface area contributed by atoms with Gasteiger partial charge in [0.2, 0.25) is 11.8 Å². The molecule has 0 saturated heterocycles. The van der Waals surface area contributed by atoms with Gasteiger partial charge in [-0.05, 0) is 43.0 Å². The third kappa shape index (κ3) is 4.31. The summed E-state index contributed by atoms with van der Waals surface area (Å²) in [5.74, 6) is 0.0452. The Morgan fingerprint density at radius 3 is 2.15 bits per heavy atom. The van der Waals surface area contributed by atoms with E-state index in [1.807, 2.05) is 62.4 Å². The number of anilines is 2. The molecule has 0 bridgehead atoms. The highest BCUT2D eigenvalue weighted by Crippen LogP contribution is 2.31. The summed E-state index contributed by atoms with van der Waals surface area (Å²) in [6.07, 6.45) is 0. The van der Waals surface area contributed by atoms with Crippen LogP contribution in [-0.2, 0) is 9.59 Å². The van der Waals surface area contributed by atoms with E-state index >= 15 is 0 Å². The number of hydrogen-bond acceptors (Lipinski definition) is 2. The van der Waals surface area contributed by atoms with Crippen molar-refractivity contribution in [3.8, 4) is 0 Å². The maximum absolute atomic E-state index is 13.0. The Morgan fingerprint density at radius 1 is 0.962 bits per heavy atom. The normalized spacial score (nSPS) is 10.7. The van der Waals surface area contributed by atoms with Gasteiger partial charge in [0.25, 0.3) is 0 Å². The number of benzene rings is 2. The van der Waals surface area contributed by atoms with Crippen LogP contribution in [-0.4, -0.2) is 24.9 Å². The Hall–Kier alpha value is -2.62. The molecule has 2 rings (SSSR count). The lowest BCUT2D eigenvalue weighted by atomic mass is 9.97. The maximum atomic E-state index is 13.0. The summed E-state index contributed by atoms with van der Waals surface area (Å²) in [5.41, 5.74) is 3.78. The van der Waals surface area contributed by atoms with Gasteiger partial charge in [-0.15, -0.1) is 0 Å². The van der Waals surface area contributed by atoms with E-state index in [9.17, 15) is 9.59 Å². The Balaban J connectivity index is 2.38. The Labute approximate surface area is 156 Å². The van der Waals surface area contributed by atoms with Gasteiger partial charge in [0.05, 0.1) is 5.69 Å². The molecule has 0 aromatic heterocycles. The lowest BCUT2D eigenvalue weighted by Crippen LogP contribution is -2.43. The molecule has 138 valence electrons. The predicted molar refractivity (Wildman–Crippen MR) is 108 cm³/mol. The molecule has 0 fully saturated rings. The van der Waals surface area contributed by atoms with Gasteiger partial charge in [0.15, 0.2) is 0 Å². The van der Waals surface area contributed by atoms with Gasteiger partial charge in [-0.25, -0.2) is 0 Å². The van der Waals surface area contributed by atoms with Crippen molar-refractivity contribution < 1.29 is 9.59 Å². The van der Waals surface area contributed by atoms with Crippen LogP contribution in [0, 0.1) is 6.92 Å². The summed E-state index contributed by atoms with van der Waals surface area (Å²) in [5, 5.41) is 0. The third-order valence-corrected chi connectivity index (χ3v) is 4.52. The molecule has 0 spiro atoms. The fourth-order valence-electron chi connectivity index (χ4n) is 3.20. The first kappa shape index (κ1) is 19.7. The van der Waals surface area contributed by atoms with Crippen LogP contribution in [0.3, 0.4) is 0 Å². The number of para-hydroxylation sites is 2. The maximum Gasteiger partial charge on any atom is 0.247 e. The van der Waals surface area contributed by atoms with Gasteiger partial charge in [-0.3, -0.25) is 9.59 Å². The molecule has 0 unspecified atom stereocenters. The molecular weight excluding hydrogens is 324 g/mol. The Kier molecular flexibility index (Phi) is 6.56. The van der Waals surface area contributed by atoms with E-state index in [1.165, 1.54) is 6.92 Å². The van der Waals surface area contributed by atoms with E-state index in [-0.39, 0.29) is 24.3 Å². The molecule has 2 amide bonds. The molecule has 4 nitrogen and oxygen atoms in total. The van der Waals surface area contributed by atoms with Crippen LogP contribution in [0.1, 0.15) is 44.7 Å². The van der Waals surface area contributed by atoms with Crippen LogP contribution in [0.25, 0.3) is 0 Å². The standard InChI is InChI=1S/C22H28N2O2/c1-6-23(19-12-8-7-9-13-19)21(26)15-24(18(5)25)22-17(4)11-10-14-20(22)16(2)3/h7-14,16H,6,15H2,1-5H3. The molecule has 0 aliphatic heterocycles. The molecule has 26 heavy (non-hydrogen) atoms. The van der Waals surface area contributed by atoms with Crippen molar-refractivity contribution in [2.45, 2.75) is 40.5 Å². The number of carbonyl (C=O) groups is 2. The SMILES string of the molecule is CCN(C(=O)CN(C(C)=O)c1c(C)cccc1C(C)C)c1ccccc1. The molecule has 0 aliphatic rings. The molecule has 2 aromatic rings. The van der Waals surface area contributed by atoms with Crippen molar-refractivity contribution in [2.75, 3.05) is 22.9 Å². The Bertz CT molecular complexity index is 769. The average Bonchev–Trinajstić information content (AvgIpc) is 2.61. The highest BCUT2D eigenvalue weighted by molar-refractivity contribution is 6.03. The molecule has 0 atom stereocenters. The zero-order valence-corrected chi connectivity index (χ0v) is 16.3. The summed E-state index contributed by atoms with van der Waals surface area (Å²) >= 11 is 0. The second-order valence-corrected chi connectivity index (χ2v) is 6.75. The average molecular weight is 352 g/mol. The molecule has 4 heteroatoms. The number of nitrogens with zero attached hydrogens (tertiary/aromatic N) is 2. The summed E-state index contributed by atoms with van der Waals surface area (Å²) in [6, 6.07) is 15.6. The summed E-state index contributed by atoms with van der Waals surface area (Å²) in [7, 11) is 0. The van der Waals surface area contributed by atoms with Crippen LogP contribution in [0.2, 0.25) is 0 Å². The third-order valence-electron chi connectivity index (χ3n) is 4.52. The van der Waals surface area contributed by atoms with Crippen LogP contribution >= 0.6 is 0 Å². The number of amides is 2. The van der Waals surface area contributed by atoms with Crippen molar-refractivity contribution in [1.29, 1.82) is 0 Å².